The van der Waals surface area contributed by atoms with Gasteiger partial charge >= 0.3 is 0 Å². The number of aryl methyl sites for hydroxylation is 2. The van der Waals surface area contributed by atoms with Gasteiger partial charge in [0.2, 0.25) is 0 Å². The molecule has 4 heteroatoms. The molecule has 2 aromatic heterocycles. The molecule has 4 nitrogen and oxygen atoms in total. The Bertz CT molecular complexity index is 964. The maximum atomic E-state index is 4.52. The smallest absolute Gasteiger partial charge is 0.0856 e. The van der Waals surface area contributed by atoms with Crippen LogP contribution in [0.4, 0.5) is 0 Å². The summed E-state index contributed by atoms with van der Waals surface area (Å²) in [4.78, 5) is 11.3. The Kier molecular flexibility index (Phi) is 3.92. The van der Waals surface area contributed by atoms with Crippen molar-refractivity contribution < 1.29 is 0 Å². The molecule has 3 heterocycles. The molecule has 0 bridgehead atoms. The third-order valence-electron chi connectivity index (χ3n) is 5.04. The molecule has 0 saturated carbocycles. The van der Waals surface area contributed by atoms with Crippen LogP contribution < -0.4 is 0 Å². The van der Waals surface area contributed by atoms with Gasteiger partial charge in [0.15, 0.2) is 0 Å². The van der Waals surface area contributed by atoms with E-state index in [4.69, 9.17) is 0 Å². The van der Waals surface area contributed by atoms with E-state index < -0.39 is 0 Å². The van der Waals surface area contributed by atoms with Gasteiger partial charge in [-0.25, -0.2) is 0 Å². The van der Waals surface area contributed by atoms with E-state index in [1.165, 1.54) is 27.7 Å². The molecule has 4 rings (SSSR count). The van der Waals surface area contributed by atoms with Gasteiger partial charge in [0.25, 0.3) is 0 Å². The van der Waals surface area contributed by atoms with Crippen LogP contribution in [0.25, 0.3) is 22.7 Å². The third-order valence-corrected chi connectivity index (χ3v) is 5.04. The maximum absolute atomic E-state index is 4.52. The number of rotatable bonds is 2. The summed E-state index contributed by atoms with van der Waals surface area (Å²) in [7, 11) is 2.20. The first kappa shape index (κ1) is 16.0. The number of hydrogen-bond donors (Lipinski definition) is 0. The van der Waals surface area contributed by atoms with E-state index in [9.17, 15) is 0 Å². The van der Waals surface area contributed by atoms with Gasteiger partial charge in [-0.15, -0.1) is 0 Å². The van der Waals surface area contributed by atoms with Crippen LogP contribution in [-0.2, 0) is 13.0 Å². The Morgan fingerprint density at radius 2 is 2.00 bits per heavy atom. The number of likely N-dealkylation sites (N-methyl/N-ethyl adjacent to an activating group) is 1. The predicted octanol–water partition coefficient (Wildman–Crippen LogP) is 4.05. The lowest BCUT2D eigenvalue weighted by molar-refractivity contribution is 0.312. The molecule has 3 aromatic rings. The zero-order valence-corrected chi connectivity index (χ0v) is 15.4. The molecule has 0 spiro atoms. The molecule has 1 aliphatic heterocycles. The first-order valence-electron chi connectivity index (χ1n) is 8.81. The van der Waals surface area contributed by atoms with E-state index in [0.29, 0.717) is 0 Å². The zero-order chi connectivity index (χ0) is 17.6. The lowest BCUT2D eigenvalue weighted by atomic mass is 10.0. The summed E-state index contributed by atoms with van der Waals surface area (Å²) in [5.74, 6) is 0. The molecule has 0 atom stereocenters. The fourth-order valence-electron chi connectivity index (χ4n) is 3.64. The molecule has 25 heavy (non-hydrogen) atoms. The molecular formula is C21H24N4. The minimum absolute atomic E-state index is 0.932. The van der Waals surface area contributed by atoms with Crippen molar-refractivity contribution in [1.82, 2.24) is 19.4 Å². The van der Waals surface area contributed by atoms with Crippen molar-refractivity contribution in [2.75, 3.05) is 13.6 Å². The van der Waals surface area contributed by atoms with Crippen LogP contribution in [-0.4, -0.2) is 33.0 Å². The molecule has 0 radical (unpaired) electrons. The van der Waals surface area contributed by atoms with Gasteiger partial charge in [0, 0.05) is 43.0 Å². The average Bonchev–Trinajstić information content (AvgIpc) is 2.88. The van der Waals surface area contributed by atoms with Crippen molar-refractivity contribution in [1.29, 1.82) is 0 Å². The molecule has 0 amide bonds. The zero-order valence-electron chi connectivity index (χ0n) is 15.4. The summed E-state index contributed by atoms with van der Waals surface area (Å²) in [6, 6.07) is 6.76. The highest BCUT2D eigenvalue weighted by atomic mass is 15.1. The van der Waals surface area contributed by atoms with Crippen molar-refractivity contribution in [2.24, 2.45) is 0 Å². The fraction of sp³-hybridized carbons (Fsp3) is 0.333. The minimum atomic E-state index is 0.932. The van der Waals surface area contributed by atoms with Gasteiger partial charge in [-0.1, -0.05) is 11.6 Å². The van der Waals surface area contributed by atoms with E-state index in [1.807, 2.05) is 19.3 Å². The Morgan fingerprint density at radius 1 is 1.16 bits per heavy atom. The average molecular weight is 332 g/mol. The van der Waals surface area contributed by atoms with Crippen molar-refractivity contribution in [3.8, 4) is 0 Å². The van der Waals surface area contributed by atoms with Crippen molar-refractivity contribution in [3.05, 3.63) is 58.8 Å². The summed E-state index contributed by atoms with van der Waals surface area (Å²) < 4.78 is 2.37. The highest BCUT2D eigenvalue weighted by molar-refractivity contribution is 5.90. The van der Waals surface area contributed by atoms with Crippen LogP contribution in [0.15, 0.2) is 30.6 Å². The highest BCUT2D eigenvalue weighted by Crippen LogP contribution is 2.32. The number of nitrogens with zero attached hydrogens (tertiary/aromatic N) is 4. The fourth-order valence-corrected chi connectivity index (χ4v) is 3.64. The minimum Gasteiger partial charge on any atom is -0.320 e. The SMILES string of the molecule is C/C(=C/n1c2c(c3cc(C)ccc31)CN(C)CC2)c1cnc(C)cn1. The van der Waals surface area contributed by atoms with E-state index in [2.05, 4.69) is 64.7 Å². The maximum Gasteiger partial charge on any atom is 0.0856 e. The van der Waals surface area contributed by atoms with Crippen molar-refractivity contribution >= 4 is 22.7 Å². The van der Waals surface area contributed by atoms with Gasteiger partial charge in [0.1, 0.15) is 0 Å². The monoisotopic (exact) mass is 332 g/mol. The summed E-state index contributed by atoms with van der Waals surface area (Å²) in [5, 5.41) is 1.38. The summed E-state index contributed by atoms with van der Waals surface area (Å²) in [6.45, 7) is 8.35. The normalized spacial score (nSPS) is 15.6. The third kappa shape index (κ3) is 2.87. The Hall–Kier alpha value is -2.46. The number of allylic oxidation sites excluding steroid dienone is 1. The van der Waals surface area contributed by atoms with Crippen molar-refractivity contribution in [3.63, 3.8) is 0 Å². The lowest BCUT2D eigenvalue weighted by Crippen LogP contribution is -2.26. The first-order chi connectivity index (χ1) is 12.0. The van der Waals surface area contributed by atoms with Crippen molar-refractivity contribution in [2.45, 2.75) is 33.7 Å². The summed E-state index contributed by atoms with van der Waals surface area (Å²) in [5.41, 5.74) is 8.49. The van der Waals surface area contributed by atoms with Crippen LogP contribution >= 0.6 is 0 Å². The van der Waals surface area contributed by atoms with Crippen LogP contribution in [0.2, 0.25) is 0 Å². The second kappa shape index (κ2) is 6.12. The topological polar surface area (TPSA) is 34.0 Å². The van der Waals surface area contributed by atoms with Crippen LogP contribution in [0.1, 0.15) is 35.1 Å². The first-order valence-corrected chi connectivity index (χ1v) is 8.81. The number of benzene rings is 1. The molecule has 0 fully saturated rings. The number of aromatic nitrogens is 3. The summed E-state index contributed by atoms with van der Waals surface area (Å²) in [6.07, 6.45) is 6.98. The lowest BCUT2D eigenvalue weighted by Gasteiger charge is -2.23. The molecule has 0 unspecified atom stereocenters. The Labute approximate surface area is 148 Å². The van der Waals surface area contributed by atoms with Gasteiger partial charge in [-0.05, 0) is 51.1 Å². The second-order valence-electron chi connectivity index (χ2n) is 7.16. The number of fused-ring (bicyclic) bond motifs is 3. The number of hydrogen-bond acceptors (Lipinski definition) is 3. The standard InChI is InChI=1S/C21H24N4/c1-14-5-6-20-17(9-14)18-13-24(4)8-7-21(18)25(20)12-15(2)19-11-22-16(3)10-23-19/h5-6,9-12H,7-8,13H2,1-4H3/b15-12-. The molecule has 128 valence electrons. The molecule has 1 aliphatic rings. The van der Waals surface area contributed by atoms with E-state index in [0.717, 1.165) is 36.5 Å². The molecule has 0 N–H and O–H groups in total. The second-order valence-corrected chi connectivity index (χ2v) is 7.16. The molecular weight excluding hydrogens is 308 g/mol. The largest absolute Gasteiger partial charge is 0.320 e. The predicted molar refractivity (Wildman–Crippen MR) is 103 cm³/mol. The summed E-state index contributed by atoms with van der Waals surface area (Å²) >= 11 is 0. The molecule has 0 aliphatic carbocycles. The van der Waals surface area contributed by atoms with E-state index in [-0.39, 0.29) is 0 Å². The highest BCUT2D eigenvalue weighted by Gasteiger charge is 2.21. The van der Waals surface area contributed by atoms with Gasteiger partial charge in [0.05, 0.1) is 23.1 Å². The Balaban J connectivity index is 1.89. The van der Waals surface area contributed by atoms with Gasteiger partial charge < -0.3 is 9.47 Å². The van der Waals surface area contributed by atoms with Crippen LogP contribution in [0.3, 0.4) is 0 Å². The van der Waals surface area contributed by atoms with E-state index in [1.54, 1.807) is 0 Å². The Morgan fingerprint density at radius 3 is 2.76 bits per heavy atom. The molecule has 1 aromatic carbocycles. The van der Waals surface area contributed by atoms with Crippen LogP contribution in [0, 0.1) is 13.8 Å². The van der Waals surface area contributed by atoms with Gasteiger partial charge in [-0.2, -0.15) is 0 Å². The molecule has 0 saturated heterocycles. The van der Waals surface area contributed by atoms with Crippen LogP contribution in [0.5, 0.6) is 0 Å². The quantitative estimate of drug-likeness (QED) is 0.710. The van der Waals surface area contributed by atoms with Gasteiger partial charge in [-0.3, -0.25) is 9.97 Å². The van der Waals surface area contributed by atoms with E-state index >= 15 is 0 Å².